The standard InChI is InChI=1S/C15H26N2O/c1-15(2,16)14(18)17(3)13-11-5-9-4-10(7-11)8-12(13)6-9/h9-13H,4-8,16H2,1-3H3. The number of nitrogens with two attached hydrogens (primary N) is 1. The molecule has 0 spiro atoms. The lowest BCUT2D eigenvalue weighted by Gasteiger charge is -2.57. The molecule has 4 aliphatic rings. The summed E-state index contributed by atoms with van der Waals surface area (Å²) in [5.74, 6) is 3.52. The number of rotatable bonds is 2. The van der Waals surface area contributed by atoms with Gasteiger partial charge < -0.3 is 10.6 Å². The molecule has 102 valence electrons. The van der Waals surface area contributed by atoms with Gasteiger partial charge in [0.1, 0.15) is 0 Å². The summed E-state index contributed by atoms with van der Waals surface area (Å²) in [7, 11) is 1.98. The van der Waals surface area contributed by atoms with Crippen molar-refractivity contribution < 1.29 is 4.79 Å². The highest BCUT2D eigenvalue weighted by Gasteiger charge is 2.50. The third-order valence-corrected chi connectivity index (χ3v) is 5.50. The molecule has 1 amide bonds. The molecule has 0 atom stereocenters. The fourth-order valence-corrected chi connectivity index (χ4v) is 5.12. The zero-order chi connectivity index (χ0) is 13.1. The van der Waals surface area contributed by atoms with Crippen LogP contribution in [0.4, 0.5) is 0 Å². The largest absolute Gasteiger partial charge is 0.341 e. The second-order valence-electron chi connectivity index (χ2n) is 7.56. The SMILES string of the molecule is CN(C(=O)C(C)(C)N)C1C2CC3CC(C2)CC1C3. The molecule has 4 bridgehead atoms. The Labute approximate surface area is 110 Å². The maximum absolute atomic E-state index is 12.4. The Kier molecular flexibility index (Phi) is 2.74. The van der Waals surface area contributed by atoms with Crippen LogP contribution in [0, 0.1) is 23.7 Å². The van der Waals surface area contributed by atoms with Crippen molar-refractivity contribution in [1.82, 2.24) is 4.90 Å². The van der Waals surface area contributed by atoms with E-state index in [1.165, 1.54) is 32.1 Å². The minimum atomic E-state index is -0.733. The smallest absolute Gasteiger partial charge is 0.242 e. The summed E-state index contributed by atoms with van der Waals surface area (Å²) in [6.45, 7) is 3.64. The molecule has 0 aromatic carbocycles. The molecule has 3 nitrogen and oxygen atoms in total. The first-order valence-electron chi connectivity index (χ1n) is 7.42. The van der Waals surface area contributed by atoms with E-state index in [0.29, 0.717) is 6.04 Å². The molecule has 0 unspecified atom stereocenters. The highest BCUT2D eigenvalue weighted by atomic mass is 16.2. The molecule has 18 heavy (non-hydrogen) atoms. The van der Waals surface area contributed by atoms with Crippen molar-refractivity contribution in [1.29, 1.82) is 0 Å². The molecule has 4 fully saturated rings. The van der Waals surface area contributed by atoms with Crippen LogP contribution in [-0.2, 0) is 4.79 Å². The van der Waals surface area contributed by atoms with Crippen molar-refractivity contribution in [3.63, 3.8) is 0 Å². The molecular weight excluding hydrogens is 224 g/mol. The zero-order valence-corrected chi connectivity index (χ0v) is 11.9. The highest BCUT2D eigenvalue weighted by molar-refractivity contribution is 5.85. The average molecular weight is 250 g/mol. The number of carbonyl (C=O) groups excluding carboxylic acids is 1. The van der Waals surface area contributed by atoms with Crippen molar-refractivity contribution in [3.8, 4) is 0 Å². The van der Waals surface area contributed by atoms with Gasteiger partial charge in [-0.2, -0.15) is 0 Å². The Morgan fingerprint density at radius 3 is 1.89 bits per heavy atom. The van der Waals surface area contributed by atoms with E-state index in [4.69, 9.17) is 5.73 Å². The van der Waals surface area contributed by atoms with Gasteiger partial charge in [-0.25, -0.2) is 0 Å². The summed E-state index contributed by atoms with van der Waals surface area (Å²) in [6.07, 6.45) is 6.85. The molecule has 2 N–H and O–H groups in total. The third kappa shape index (κ3) is 1.87. The molecular formula is C15H26N2O. The van der Waals surface area contributed by atoms with Crippen LogP contribution in [0.25, 0.3) is 0 Å². The van der Waals surface area contributed by atoms with Crippen LogP contribution in [0.15, 0.2) is 0 Å². The first kappa shape index (κ1) is 12.5. The molecule has 0 aliphatic heterocycles. The predicted molar refractivity (Wildman–Crippen MR) is 71.9 cm³/mol. The highest BCUT2D eigenvalue weighted by Crippen LogP contribution is 2.55. The van der Waals surface area contributed by atoms with Gasteiger partial charge in [0.2, 0.25) is 5.91 Å². The number of carbonyl (C=O) groups is 1. The number of hydrogen-bond acceptors (Lipinski definition) is 2. The maximum Gasteiger partial charge on any atom is 0.242 e. The number of nitrogens with zero attached hydrogens (tertiary/aromatic N) is 1. The first-order valence-corrected chi connectivity index (χ1v) is 7.42. The van der Waals surface area contributed by atoms with E-state index in [1.54, 1.807) is 0 Å². The number of likely N-dealkylation sites (N-methyl/N-ethyl adjacent to an activating group) is 1. The van der Waals surface area contributed by atoms with Crippen LogP contribution in [-0.4, -0.2) is 29.4 Å². The van der Waals surface area contributed by atoms with Crippen molar-refractivity contribution >= 4 is 5.91 Å². The van der Waals surface area contributed by atoms with Gasteiger partial charge in [-0.15, -0.1) is 0 Å². The molecule has 0 aromatic heterocycles. The molecule has 0 radical (unpaired) electrons. The second kappa shape index (κ2) is 3.96. The van der Waals surface area contributed by atoms with Crippen molar-refractivity contribution in [2.24, 2.45) is 29.4 Å². The van der Waals surface area contributed by atoms with Gasteiger partial charge in [0, 0.05) is 13.1 Å². The quantitative estimate of drug-likeness (QED) is 0.815. The Morgan fingerprint density at radius 2 is 1.50 bits per heavy atom. The normalized spacial score (nSPS) is 42.1. The summed E-state index contributed by atoms with van der Waals surface area (Å²) in [4.78, 5) is 14.4. The minimum absolute atomic E-state index is 0.111. The van der Waals surface area contributed by atoms with E-state index in [0.717, 1.165) is 23.7 Å². The molecule has 0 aromatic rings. The van der Waals surface area contributed by atoms with Gasteiger partial charge in [0.05, 0.1) is 5.54 Å². The van der Waals surface area contributed by atoms with Gasteiger partial charge in [0.25, 0.3) is 0 Å². The van der Waals surface area contributed by atoms with Crippen LogP contribution in [0.2, 0.25) is 0 Å². The Hall–Kier alpha value is -0.570. The van der Waals surface area contributed by atoms with Crippen LogP contribution < -0.4 is 5.73 Å². The first-order chi connectivity index (χ1) is 8.36. The van der Waals surface area contributed by atoms with Crippen LogP contribution in [0.5, 0.6) is 0 Å². The lowest BCUT2D eigenvalue weighted by atomic mass is 9.54. The molecule has 4 rings (SSSR count). The van der Waals surface area contributed by atoms with Gasteiger partial charge in [-0.3, -0.25) is 4.79 Å². The summed E-state index contributed by atoms with van der Waals surface area (Å²) >= 11 is 0. The summed E-state index contributed by atoms with van der Waals surface area (Å²) in [5, 5.41) is 0. The molecule has 3 heteroatoms. The third-order valence-electron chi connectivity index (χ3n) is 5.50. The van der Waals surface area contributed by atoms with Crippen LogP contribution in [0.1, 0.15) is 46.0 Å². The molecule has 0 heterocycles. The number of amides is 1. The Morgan fingerprint density at radius 1 is 1.06 bits per heavy atom. The fourth-order valence-electron chi connectivity index (χ4n) is 5.12. The Balaban J connectivity index is 1.79. The van der Waals surface area contributed by atoms with Crippen LogP contribution in [0.3, 0.4) is 0 Å². The Bertz CT molecular complexity index is 330. The van der Waals surface area contributed by atoms with E-state index in [-0.39, 0.29) is 5.91 Å². The van der Waals surface area contributed by atoms with Gasteiger partial charge >= 0.3 is 0 Å². The van der Waals surface area contributed by atoms with E-state index < -0.39 is 5.54 Å². The second-order valence-corrected chi connectivity index (χ2v) is 7.56. The van der Waals surface area contributed by atoms with E-state index >= 15 is 0 Å². The lowest BCUT2D eigenvalue weighted by molar-refractivity contribution is -0.145. The lowest BCUT2D eigenvalue weighted by Crippen LogP contribution is -2.60. The van der Waals surface area contributed by atoms with E-state index in [9.17, 15) is 4.79 Å². The summed E-state index contributed by atoms with van der Waals surface area (Å²) in [6, 6.07) is 0.466. The minimum Gasteiger partial charge on any atom is -0.341 e. The predicted octanol–water partition coefficient (Wildman–Crippen LogP) is 2.01. The number of hydrogen-bond donors (Lipinski definition) is 1. The average Bonchev–Trinajstić information content (AvgIpc) is 2.24. The van der Waals surface area contributed by atoms with E-state index in [1.807, 2.05) is 25.8 Å². The van der Waals surface area contributed by atoms with Crippen molar-refractivity contribution in [3.05, 3.63) is 0 Å². The fraction of sp³-hybridized carbons (Fsp3) is 0.933. The van der Waals surface area contributed by atoms with Crippen molar-refractivity contribution in [2.75, 3.05) is 7.05 Å². The van der Waals surface area contributed by atoms with E-state index in [2.05, 4.69) is 0 Å². The molecule has 4 aliphatic carbocycles. The summed E-state index contributed by atoms with van der Waals surface area (Å²) < 4.78 is 0. The zero-order valence-electron chi connectivity index (χ0n) is 11.9. The molecule has 0 saturated heterocycles. The maximum atomic E-state index is 12.4. The summed E-state index contributed by atoms with van der Waals surface area (Å²) in [5.41, 5.74) is 5.25. The van der Waals surface area contributed by atoms with Gasteiger partial charge in [0.15, 0.2) is 0 Å². The van der Waals surface area contributed by atoms with Crippen LogP contribution >= 0.6 is 0 Å². The van der Waals surface area contributed by atoms with Crippen molar-refractivity contribution in [2.45, 2.75) is 57.5 Å². The molecule has 4 saturated carbocycles. The van der Waals surface area contributed by atoms with Gasteiger partial charge in [-0.05, 0) is 69.6 Å². The topological polar surface area (TPSA) is 46.3 Å². The monoisotopic (exact) mass is 250 g/mol. The van der Waals surface area contributed by atoms with Gasteiger partial charge in [-0.1, -0.05) is 0 Å².